The average molecular weight is 370 g/mol. The monoisotopic (exact) mass is 369 g/mol. The molecule has 1 saturated heterocycles. The maximum atomic E-state index is 12.9. The third-order valence-electron chi connectivity index (χ3n) is 4.40. The van der Waals surface area contributed by atoms with Gasteiger partial charge in [0.25, 0.3) is 5.91 Å². The van der Waals surface area contributed by atoms with Gasteiger partial charge in [-0.2, -0.15) is 0 Å². The van der Waals surface area contributed by atoms with E-state index in [1.54, 1.807) is 11.0 Å². The van der Waals surface area contributed by atoms with Crippen LogP contribution in [0.5, 0.6) is 0 Å². The summed E-state index contributed by atoms with van der Waals surface area (Å²) in [6, 6.07) is 11.5. The molecular formula is C17H17Cl2NO2S. The molecule has 1 N–H and O–H groups in total. The SMILES string of the molecule is O=C(c1cc(Cl)sc1Cl)N1CCC[C@@]1(CO)Cc1ccccc1. The number of halogens is 2. The van der Waals surface area contributed by atoms with Crippen LogP contribution in [0.4, 0.5) is 0 Å². The number of aliphatic hydroxyl groups excluding tert-OH is 1. The Morgan fingerprint density at radius 2 is 2.04 bits per heavy atom. The molecule has 1 aromatic carbocycles. The average Bonchev–Trinajstić information content (AvgIpc) is 3.11. The quantitative estimate of drug-likeness (QED) is 0.874. The number of carbonyl (C=O) groups excluding carboxylic acids is 1. The molecule has 3 nitrogen and oxygen atoms in total. The van der Waals surface area contributed by atoms with Gasteiger partial charge in [0.05, 0.1) is 22.0 Å². The first-order chi connectivity index (χ1) is 11.1. The van der Waals surface area contributed by atoms with Crippen LogP contribution in [0.3, 0.4) is 0 Å². The van der Waals surface area contributed by atoms with E-state index in [2.05, 4.69) is 0 Å². The molecule has 0 aliphatic carbocycles. The molecule has 2 aromatic rings. The number of hydrogen-bond donors (Lipinski definition) is 1. The summed E-state index contributed by atoms with van der Waals surface area (Å²) >= 11 is 13.3. The predicted octanol–water partition coefficient (Wildman–Crippen LogP) is 4.26. The highest BCUT2D eigenvalue weighted by molar-refractivity contribution is 7.20. The second kappa shape index (κ2) is 6.81. The Morgan fingerprint density at radius 1 is 1.30 bits per heavy atom. The molecule has 0 spiro atoms. The van der Waals surface area contributed by atoms with Crippen molar-refractivity contribution in [2.75, 3.05) is 13.2 Å². The Hall–Kier alpha value is -1.07. The Balaban J connectivity index is 1.91. The van der Waals surface area contributed by atoms with Crippen LogP contribution in [0.15, 0.2) is 36.4 Å². The number of amides is 1. The molecule has 1 amide bonds. The van der Waals surface area contributed by atoms with Gasteiger partial charge < -0.3 is 10.0 Å². The largest absolute Gasteiger partial charge is 0.394 e. The van der Waals surface area contributed by atoms with Crippen molar-refractivity contribution in [1.29, 1.82) is 0 Å². The third-order valence-corrected chi connectivity index (χ3v) is 5.89. The van der Waals surface area contributed by atoms with Crippen molar-refractivity contribution in [1.82, 2.24) is 4.90 Å². The fourth-order valence-electron chi connectivity index (χ4n) is 3.27. The lowest BCUT2D eigenvalue weighted by Gasteiger charge is -2.37. The summed E-state index contributed by atoms with van der Waals surface area (Å²) in [6.07, 6.45) is 2.28. The van der Waals surface area contributed by atoms with Gasteiger partial charge in [-0.25, -0.2) is 0 Å². The molecule has 0 bridgehead atoms. The van der Waals surface area contributed by atoms with E-state index in [1.165, 1.54) is 11.3 Å². The van der Waals surface area contributed by atoms with Crippen LogP contribution in [0, 0.1) is 0 Å². The lowest BCUT2D eigenvalue weighted by molar-refractivity contribution is 0.0413. The standard InChI is InChI=1S/C17H17Cl2NO2S/c18-14-9-13(15(19)23-14)16(22)20-8-4-7-17(20,11-21)10-12-5-2-1-3-6-12/h1-3,5-6,9,21H,4,7-8,10-11H2/t17-/m0/s1. The van der Waals surface area contributed by atoms with Crippen LogP contribution in [-0.4, -0.2) is 34.6 Å². The zero-order valence-electron chi connectivity index (χ0n) is 12.5. The van der Waals surface area contributed by atoms with Crippen molar-refractivity contribution in [2.45, 2.75) is 24.8 Å². The molecule has 1 atom stereocenters. The summed E-state index contributed by atoms with van der Waals surface area (Å²) in [7, 11) is 0. The minimum atomic E-state index is -0.573. The number of thiophene rings is 1. The highest BCUT2D eigenvalue weighted by Crippen LogP contribution is 2.37. The van der Waals surface area contributed by atoms with E-state index in [4.69, 9.17) is 23.2 Å². The van der Waals surface area contributed by atoms with Gasteiger partial charge in [0, 0.05) is 6.54 Å². The number of benzene rings is 1. The fraction of sp³-hybridized carbons (Fsp3) is 0.353. The highest BCUT2D eigenvalue weighted by atomic mass is 35.5. The smallest absolute Gasteiger partial charge is 0.256 e. The van der Waals surface area contributed by atoms with Gasteiger partial charge in [0.15, 0.2) is 0 Å². The van der Waals surface area contributed by atoms with Crippen LogP contribution in [0.25, 0.3) is 0 Å². The van der Waals surface area contributed by atoms with Crippen LogP contribution in [0.2, 0.25) is 8.67 Å². The molecule has 122 valence electrons. The number of hydrogen-bond acceptors (Lipinski definition) is 3. The maximum Gasteiger partial charge on any atom is 0.256 e. The Bertz CT molecular complexity index is 704. The van der Waals surface area contributed by atoms with E-state index in [0.29, 0.717) is 27.2 Å². The molecule has 1 aromatic heterocycles. The van der Waals surface area contributed by atoms with Gasteiger partial charge >= 0.3 is 0 Å². The second-order valence-corrected chi connectivity index (χ2v) is 8.13. The number of likely N-dealkylation sites (tertiary alicyclic amines) is 1. The number of carbonyl (C=O) groups is 1. The molecule has 0 saturated carbocycles. The summed E-state index contributed by atoms with van der Waals surface area (Å²) in [5.74, 6) is -0.152. The lowest BCUT2D eigenvalue weighted by Crippen LogP contribution is -2.51. The zero-order valence-corrected chi connectivity index (χ0v) is 14.8. The minimum Gasteiger partial charge on any atom is -0.394 e. The molecule has 1 aliphatic rings. The van der Waals surface area contributed by atoms with Crippen LogP contribution in [0.1, 0.15) is 28.8 Å². The molecule has 1 fully saturated rings. The van der Waals surface area contributed by atoms with E-state index in [0.717, 1.165) is 18.4 Å². The second-order valence-electron chi connectivity index (χ2n) is 5.84. The van der Waals surface area contributed by atoms with Crippen molar-refractivity contribution in [3.05, 3.63) is 56.2 Å². The van der Waals surface area contributed by atoms with Crippen LogP contribution in [-0.2, 0) is 6.42 Å². The summed E-state index contributed by atoms with van der Waals surface area (Å²) in [5, 5.41) is 10.1. The number of aliphatic hydroxyl groups is 1. The highest BCUT2D eigenvalue weighted by Gasteiger charge is 2.44. The minimum absolute atomic E-state index is 0.0663. The van der Waals surface area contributed by atoms with Gasteiger partial charge in [-0.1, -0.05) is 53.5 Å². The Morgan fingerprint density at radius 3 is 2.65 bits per heavy atom. The molecule has 2 heterocycles. The van der Waals surface area contributed by atoms with Crippen molar-refractivity contribution in [3.8, 4) is 0 Å². The van der Waals surface area contributed by atoms with Crippen molar-refractivity contribution >= 4 is 40.4 Å². The van der Waals surface area contributed by atoms with Gasteiger partial charge in [0.1, 0.15) is 4.34 Å². The normalized spacial score (nSPS) is 20.9. The molecule has 0 unspecified atom stereocenters. The molecule has 6 heteroatoms. The molecular weight excluding hydrogens is 353 g/mol. The van der Waals surface area contributed by atoms with E-state index in [9.17, 15) is 9.90 Å². The Labute approximate surface area is 149 Å². The fourth-order valence-corrected chi connectivity index (χ4v) is 4.71. The first kappa shape index (κ1) is 16.8. The van der Waals surface area contributed by atoms with Gasteiger partial charge in [-0.05, 0) is 30.9 Å². The number of rotatable bonds is 4. The summed E-state index contributed by atoms with van der Waals surface area (Å²) in [4.78, 5) is 14.7. The Kier molecular flexibility index (Phi) is 4.97. The van der Waals surface area contributed by atoms with Gasteiger partial charge in [-0.3, -0.25) is 4.79 Å². The van der Waals surface area contributed by atoms with Gasteiger partial charge in [-0.15, -0.1) is 11.3 Å². The van der Waals surface area contributed by atoms with Crippen LogP contribution < -0.4 is 0 Å². The van der Waals surface area contributed by atoms with E-state index in [1.807, 2.05) is 30.3 Å². The third kappa shape index (κ3) is 3.26. The molecule has 0 radical (unpaired) electrons. The van der Waals surface area contributed by atoms with E-state index < -0.39 is 5.54 Å². The molecule has 3 rings (SSSR count). The number of nitrogens with zero attached hydrogens (tertiary/aromatic N) is 1. The van der Waals surface area contributed by atoms with Crippen molar-refractivity contribution in [3.63, 3.8) is 0 Å². The summed E-state index contributed by atoms with van der Waals surface area (Å²) in [5.41, 5.74) is 0.959. The van der Waals surface area contributed by atoms with Crippen molar-refractivity contribution < 1.29 is 9.90 Å². The summed E-state index contributed by atoms with van der Waals surface area (Å²) < 4.78 is 0.897. The topological polar surface area (TPSA) is 40.5 Å². The molecule has 1 aliphatic heterocycles. The summed E-state index contributed by atoms with van der Waals surface area (Å²) in [6.45, 7) is 0.555. The molecule has 23 heavy (non-hydrogen) atoms. The van der Waals surface area contributed by atoms with E-state index >= 15 is 0 Å². The first-order valence-corrected chi connectivity index (χ1v) is 9.04. The van der Waals surface area contributed by atoms with E-state index in [-0.39, 0.29) is 12.5 Å². The predicted molar refractivity (Wildman–Crippen MR) is 94.6 cm³/mol. The first-order valence-electron chi connectivity index (χ1n) is 7.47. The maximum absolute atomic E-state index is 12.9. The zero-order chi connectivity index (χ0) is 16.4. The van der Waals surface area contributed by atoms with Crippen LogP contribution >= 0.6 is 34.5 Å². The van der Waals surface area contributed by atoms with Gasteiger partial charge in [0.2, 0.25) is 0 Å². The van der Waals surface area contributed by atoms with Crippen molar-refractivity contribution in [2.24, 2.45) is 0 Å². The lowest BCUT2D eigenvalue weighted by atomic mass is 9.88.